The van der Waals surface area contributed by atoms with Crippen LogP contribution in [0.5, 0.6) is 0 Å². The molecule has 50 heavy (non-hydrogen) atoms. The second-order valence-electron chi connectivity index (χ2n) is 17.2. The minimum atomic E-state index is -0.127. The number of hydrogen-bond donors (Lipinski definition) is 0. The summed E-state index contributed by atoms with van der Waals surface area (Å²) in [5.41, 5.74) is 17.3. The summed E-state index contributed by atoms with van der Waals surface area (Å²) >= 11 is 0. The van der Waals surface area contributed by atoms with Crippen LogP contribution in [0.15, 0.2) is 133 Å². The largest absolute Gasteiger partial charge is 0.314 e. The molecule has 0 radical (unpaired) electrons. The Labute approximate surface area is 300 Å². The van der Waals surface area contributed by atoms with Crippen LogP contribution in [0.3, 0.4) is 0 Å². The Morgan fingerprint density at radius 1 is 0.460 bits per heavy atom. The lowest BCUT2D eigenvalue weighted by atomic mass is 9.60. The average molecular weight is 654 g/mol. The second kappa shape index (κ2) is 11.2. The topological polar surface area (TPSA) is 3.24 Å². The van der Waals surface area contributed by atoms with Crippen molar-refractivity contribution >= 4 is 16.9 Å². The predicted octanol–water partition coefficient (Wildman–Crippen LogP) is 12.8. The number of fused-ring (bicyclic) bond motifs is 4. The first kappa shape index (κ1) is 32.6. The molecule has 252 valence electrons. The molecule has 0 saturated carbocycles. The first-order valence-corrected chi connectivity index (χ1v) is 18.5. The van der Waals surface area contributed by atoms with Crippen LogP contribution in [-0.2, 0) is 21.7 Å². The summed E-state index contributed by atoms with van der Waals surface area (Å²) in [6, 6.07) is 43.7. The van der Waals surface area contributed by atoms with Crippen LogP contribution in [0.1, 0.15) is 119 Å². The monoisotopic (exact) mass is 653 g/mol. The molecular formula is C49H51N. The third-order valence-electron chi connectivity index (χ3n) is 12.5. The van der Waals surface area contributed by atoms with Crippen LogP contribution in [0.4, 0.5) is 11.4 Å². The van der Waals surface area contributed by atoms with E-state index in [9.17, 15) is 0 Å². The molecule has 1 unspecified atom stereocenters. The zero-order valence-electron chi connectivity index (χ0n) is 31.4. The quantitative estimate of drug-likeness (QED) is 0.187. The highest BCUT2D eigenvalue weighted by Crippen LogP contribution is 2.53. The van der Waals surface area contributed by atoms with Gasteiger partial charge in [0.15, 0.2) is 0 Å². The molecule has 0 aliphatic heterocycles. The van der Waals surface area contributed by atoms with Crippen molar-refractivity contribution in [3.63, 3.8) is 0 Å². The molecule has 0 aromatic heterocycles. The maximum absolute atomic E-state index is 2.58. The van der Waals surface area contributed by atoms with Crippen molar-refractivity contribution < 1.29 is 0 Å². The van der Waals surface area contributed by atoms with Gasteiger partial charge in [-0.25, -0.2) is 0 Å². The summed E-state index contributed by atoms with van der Waals surface area (Å²) < 4.78 is 0. The van der Waals surface area contributed by atoms with E-state index in [0.29, 0.717) is 5.92 Å². The third-order valence-corrected chi connectivity index (χ3v) is 12.5. The summed E-state index contributed by atoms with van der Waals surface area (Å²) in [5.74, 6) is 0.410. The van der Waals surface area contributed by atoms with Gasteiger partial charge in [-0.3, -0.25) is 0 Å². The molecule has 5 aromatic rings. The molecule has 0 spiro atoms. The molecule has 1 atom stereocenters. The van der Waals surface area contributed by atoms with Crippen LogP contribution in [-0.4, -0.2) is 0 Å². The molecular weight excluding hydrogens is 603 g/mol. The lowest BCUT2D eigenvalue weighted by Gasteiger charge is -2.45. The number of allylic oxidation sites excluding steroid dienone is 4. The van der Waals surface area contributed by atoms with E-state index in [4.69, 9.17) is 0 Å². The molecule has 0 bridgehead atoms. The van der Waals surface area contributed by atoms with Gasteiger partial charge in [-0.15, -0.1) is 0 Å². The Hall–Kier alpha value is -4.62. The van der Waals surface area contributed by atoms with Crippen molar-refractivity contribution in [2.75, 3.05) is 4.90 Å². The van der Waals surface area contributed by atoms with Crippen molar-refractivity contribution in [2.24, 2.45) is 5.92 Å². The van der Waals surface area contributed by atoms with Crippen LogP contribution < -0.4 is 4.90 Å². The maximum Gasteiger partial charge on any atom is 0.0461 e. The summed E-state index contributed by atoms with van der Waals surface area (Å²) in [5, 5.41) is 0. The Balaban J connectivity index is 1.35. The molecule has 3 aliphatic carbocycles. The van der Waals surface area contributed by atoms with Crippen molar-refractivity contribution in [1.82, 2.24) is 0 Å². The Bertz CT molecular complexity index is 2080. The smallest absolute Gasteiger partial charge is 0.0461 e. The molecule has 5 aromatic carbocycles. The number of rotatable bonds is 4. The Morgan fingerprint density at radius 2 is 0.840 bits per heavy atom. The van der Waals surface area contributed by atoms with Crippen molar-refractivity contribution in [2.45, 2.75) is 90.4 Å². The fourth-order valence-corrected chi connectivity index (χ4v) is 9.62. The average Bonchev–Trinajstić information content (AvgIpc) is 3.11. The van der Waals surface area contributed by atoms with Crippen LogP contribution in [0.25, 0.3) is 5.57 Å². The van der Waals surface area contributed by atoms with E-state index in [1.165, 1.54) is 72.7 Å². The van der Waals surface area contributed by atoms with E-state index in [1.807, 2.05) is 0 Å². The number of benzene rings is 5. The van der Waals surface area contributed by atoms with Gasteiger partial charge in [0.1, 0.15) is 0 Å². The molecule has 0 N–H and O–H groups in total. The van der Waals surface area contributed by atoms with Crippen molar-refractivity contribution in [1.29, 1.82) is 0 Å². The Morgan fingerprint density at radius 3 is 1.28 bits per heavy atom. The lowest BCUT2D eigenvalue weighted by molar-refractivity contribution is 0.520. The predicted molar refractivity (Wildman–Crippen MR) is 213 cm³/mol. The van der Waals surface area contributed by atoms with Gasteiger partial charge in [0.2, 0.25) is 0 Å². The van der Waals surface area contributed by atoms with E-state index in [-0.39, 0.29) is 21.7 Å². The summed E-state index contributed by atoms with van der Waals surface area (Å²) in [6.07, 6.45) is 5.87. The zero-order valence-corrected chi connectivity index (χ0v) is 31.4. The van der Waals surface area contributed by atoms with Crippen LogP contribution in [0.2, 0.25) is 0 Å². The SMILES string of the molecule is CC1C=C(c2ccccc2)C=C(N(c2ccc3c(c2)C(C)(C)c2ccccc2C3(C)C)c2ccc3c(c2)C(C)(C)c2ccccc2C3(C)C)C1. The highest BCUT2D eigenvalue weighted by Gasteiger charge is 2.43. The Kier molecular flexibility index (Phi) is 7.29. The third kappa shape index (κ3) is 4.80. The first-order valence-electron chi connectivity index (χ1n) is 18.5. The maximum atomic E-state index is 2.58. The fraction of sp³-hybridized carbons (Fsp3) is 0.306. The highest BCUT2D eigenvalue weighted by molar-refractivity contribution is 5.81. The molecule has 3 aliphatic rings. The van der Waals surface area contributed by atoms with E-state index >= 15 is 0 Å². The molecule has 8 rings (SSSR count). The van der Waals surface area contributed by atoms with Crippen molar-refractivity contribution in [3.05, 3.63) is 183 Å². The van der Waals surface area contributed by atoms with Gasteiger partial charge < -0.3 is 4.90 Å². The van der Waals surface area contributed by atoms with E-state index < -0.39 is 0 Å². The van der Waals surface area contributed by atoms with E-state index in [1.54, 1.807) is 0 Å². The molecule has 0 heterocycles. The van der Waals surface area contributed by atoms with E-state index in [0.717, 1.165) is 6.42 Å². The summed E-state index contributed by atoms with van der Waals surface area (Å²) in [4.78, 5) is 2.58. The molecule has 0 amide bonds. The molecule has 0 saturated heterocycles. The minimum absolute atomic E-state index is 0.0819. The van der Waals surface area contributed by atoms with Crippen molar-refractivity contribution in [3.8, 4) is 0 Å². The molecule has 1 nitrogen and oxygen atoms in total. The lowest BCUT2D eigenvalue weighted by Crippen LogP contribution is -2.37. The van der Waals surface area contributed by atoms with Gasteiger partial charge in [-0.1, -0.05) is 159 Å². The van der Waals surface area contributed by atoms with Gasteiger partial charge in [0.25, 0.3) is 0 Å². The van der Waals surface area contributed by atoms with Crippen LogP contribution in [0, 0.1) is 5.92 Å². The zero-order chi connectivity index (χ0) is 35.2. The highest BCUT2D eigenvalue weighted by atomic mass is 15.1. The standard InChI is InChI=1S/C49H51N/c1-32-27-34(33-17-11-10-12-18-33)29-37(28-32)50(35-23-25-42-44(30-35)48(6,7)40-21-15-13-19-38(40)46(42,2)3)36-24-26-43-45(31-36)49(8,9)41-22-16-14-20-39(41)47(43,4)5/h10-27,29-32H,28H2,1-9H3. The molecule has 1 heteroatoms. The van der Waals surface area contributed by atoms with Gasteiger partial charge in [0, 0.05) is 38.7 Å². The number of nitrogens with zero attached hydrogens (tertiary/aromatic N) is 1. The normalized spacial score (nSPS) is 20.3. The second-order valence-corrected chi connectivity index (χ2v) is 17.2. The fourth-order valence-electron chi connectivity index (χ4n) is 9.62. The van der Waals surface area contributed by atoms with Gasteiger partial charge in [0.05, 0.1) is 0 Å². The summed E-state index contributed by atoms with van der Waals surface area (Å²) in [6.45, 7) is 21.6. The van der Waals surface area contributed by atoms with Gasteiger partial charge in [-0.05, 0) is 98.3 Å². The van der Waals surface area contributed by atoms with Gasteiger partial charge in [-0.2, -0.15) is 0 Å². The summed E-state index contributed by atoms with van der Waals surface area (Å²) in [7, 11) is 0. The number of hydrogen-bond acceptors (Lipinski definition) is 1. The minimum Gasteiger partial charge on any atom is -0.314 e. The first-order chi connectivity index (χ1) is 23.7. The van der Waals surface area contributed by atoms with Gasteiger partial charge >= 0.3 is 0 Å². The molecule has 0 fully saturated rings. The van der Waals surface area contributed by atoms with Crippen LogP contribution >= 0.6 is 0 Å². The number of anilines is 2. The van der Waals surface area contributed by atoms with E-state index in [2.05, 4.69) is 195 Å².